The van der Waals surface area contributed by atoms with Gasteiger partial charge >= 0.3 is 0 Å². The maximum absolute atomic E-state index is 5.19. The van der Waals surface area contributed by atoms with E-state index in [-0.39, 0.29) is 0 Å². The van der Waals surface area contributed by atoms with E-state index in [0.29, 0.717) is 11.5 Å². The van der Waals surface area contributed by atoms with Gasteiger partial charge in [-0.25, -0.2) is 0 Å². The molecule has 0 bridgehead atoms. The zero-order chi connectivity index (χ0) is 10.6. The summed E-state index contributed by atoms with van der Waals surface area (Å²) >= 11 is 5.19. The largest absolute Gasteiger partial charge is 0.362 e. The lowest BCUT2D eigenvalue weighted by Gasteiger charge is -2.25. The van der Waals surface area contributed by atoms with Crippen LogP contribution in [0.4, 0.5) is 0 Å². The van der Waals surface area contributed by atoms with E-state index in [4.69, 9.17) is 12.2 Å². The molecule has 82 valence electrons. The molecular formula is C11H22N2S. The van der Waals surface area contributed by atoms with Gasteiger partial charge in [0, 0.05) is 12.6 Å². The van der Waals surface area contributed by atoms with Gasteiger partial charge in [0.25, 0.3) is 0 Å². The molecule has 0 aliphatic heterocycles. The molecule has 0 saturated heterocycles. The van der Waals surface area contributed by atoms with Crippen LogP contribution in [0.5, 0.6) is 0 Å². The van der Waals surface area contributed by atoms with Gasteiger partial charge < -0.3 is 10.6 Å². The van der Waals surface area contributed by atoms with Gasteiger partial charge in [-0.2, -0.15) is 0 Å². The Labute approximate surface area is 92.8 Å². The Morgan fingerprint density at radius 1 is 1.36 bits per heavy atom. The topological polar surface area (TPSA) is 24.1 Å². The number of rotatable bonds is 3. The van der Waals surface area contributed by atoms with Crippen molar-refractivity contribution in [2.45, 2.75) is 52.5 Å². The molecule has 0 spiro atoms. The standard InChI is InChI=1S/C11H22N2S/c1-9(2)13-10(14)12-8-11(3)6-4-5-7-11/h9H,4-8H2,1-3H3,(H2,12,13,14). The second-order valence-electron chi connectivity index (χ2n) is 5.00. The third-order valence-corrected chi connectivity index (χ3v) is 3.17. The molecule has 0 atom stereocenters. The molecule has 1 rings (SSSR count). The zero-order valence-corrected chi connectivity index (χ0v) is 10.3. The van der Waals surface area contributed by atoms with Crippen molar-refractivity contribution in [1.82, 2.24) is 10.6 Å². The van der Waals surface area contributed by atoms with Gasteiger partial charge in [-0.05, 0) is 44.3 Å². The van der Waals surface area contributed by atoms with Gasteiger partial charge in [0.05, 0.1) is 0 Å². The maximum Gasteiger partial charge on any atom is 0.166 e. The van der Waals surface area contributed by atoms with Crippen LogP contribution in [0.15, 0.2) is 0 Å². The van der Waals surface area contributed by atoms with Crippen molar-refractivity contribution in [2.24, 2.45) is 5.41 Å². The lowest BCUT2D eigenvalue weighted by atomic mass is 9.89. The third-order valence-electron chi connectivity index (χ3n) is 2.91. The van der Waals surface area contributed by atoms with E-state index in [2.05, 4.69) is 31.4 Å². The van der Waals surface area contributed by atoms with Crippen LogP contribution in [-0.2, 0) is 0 Å². The number of thiocarbonyl (C=S) groups is 1. The summed E-state index contributed by atoms with van der Waals surface area (Å²) in [5.41, 5.74) is 0.475. The molecule has 0 aromatic heterocycles. The summed E-state index contributed by atoms with van der Waals surface area (Å²) in [6, 6.07) is 0.423. The molecule has 0 radical (unpaired) electrons. The van der Waals surface area contributed by atoms with E-state index in [1.165, 1.54) is 25.7 Å². The normalized spacial score (nSPS) is 19.7. The average molecular weight is 214 g/mol. The summed E-state index contributed by atoms with van der Waals surface area (Å²) < 4.78 is 0. The lowest BCUT2D eigenvalue weighted by Crippen LogP contribution is -2.43. The van der Waals surface area contributed by atoms with Crippen molar-refractivity contribution >= 4 is 17.3 Å². The molecule has 0 unspecified atom stereocenters. The highest BCUT2D eigenvalue weighted by molar-refractivity contribution is 7.80. The first-order valence-electron chi connectivity index (χ1n) is 5.56. The van der Waals surface area contributed by atoms with Crippen molar-refractivity contribution in [3.8, 4) is 0 Å². The van der Waals surface area contributed by atoms with Gasteiger partial charge in [-0.15, -0.1) is 0 Å². The predicted molar refractivity (Wildman–Crippen MR) is 65.4 cm³/mol. The minimum Gasteiger partial charge on any atom is -0.362 e. The smallest absolute Gasteiger partial charge is 0.166 e. The van der Waals surface area contributed by atoms with E-state index in [9.17, 15) is 0 Å². The van der Waals surface area contributed by atoms with Crippen molar-refractivity contribution < 1.29 is 0 Å². The SMILES string of the molecule is CC(C)NC(=S)NCC1(C)CCCC1. The van der Waals surface area contributed by atoms with Crippen LogP contribution in [0.3, 0.4) is 0 Å². The van der Waals surface area contributed by atoms with Crippen LogP contribution in [-0.4, -0.2) is 17.7 Å². The van der Waals surface area contributed by atoms with E-state index < -0.39 is 0 Å². The molecule has 1 aliphatic rings. The summed E-state index contributed by atoms with van der Waals surface area (Å²) in [5, 5.41) is 7.32. The zero-order valence-electron chi connectivity index (χ0n) is 9.52. The summed E-state index contributed by atoms with van der Waals surface area (Å²) in [7, 11) is 0. The molecule has 2 N–H and O–H groups in total. The van der Waals surface area contributed by atoms with Gasteiger partial charge in [-0.3, -0.25) is 0 Å². The van der Waals surface area contributed by atoms with Gasteiger partial charge in [0.15, 0.2) is 5.11 Å². The van der Waals surface area contributed by atoms with Crippen molar-refractivity contribution in [3.63, 3.8) is 0 Å². The Morgan fingerprint density at radius 3 is 2.43 bits per heavy atom. The van der Waals surface area contributed by atoms with Crippen LogP contribution in [0.25, 0.3) is 0 Å². The molecule has 14 heavy (non-hydrogen) atoms. The molecule has 1 aliphatic carbocycles. The van der Waals surface area contributed by atoms with Gasteiger partial charge in [-0.1, -0.05) is 19.8 Å². The highest BCUT2D eigenvalue weighted by Gasteiger charge is 2.28. The Hall–Kier alpha value is -0.310. The van der Waals surface area contributed by atoms with Crippen LogP contribution in [0.1, 0.15) is 46.5 Å². The van der Waals surface area contributed by atoms with E-state index in [1.54, 1.807) is 0 Å². The van der Waals surface area contributed by atoms with E-state index in [0.717, 1.165) is 11.7 Å². The highest BCUT2D eigenvalue weighted by Crippen LogP contribution is 2.36. The second-order valence-corrected chi connectivity index (χ2v) is 5.41. The highest BCUT2D eigenvalue weighted by atomic mass is 32.1. The molecule has 1 fully saturated rings. The summed E-state index contributed by atoms with van der Waals surface area (Å²) in [6.45, 7) is 7.58. The number of hydrogen-bond acceptors (Lipinski definition) is 1. The minimum atomic E-state index is 0.423. The molecule has 0 aromatic carbocycles. The lowest BCUT2D eigenvalue weighted by molar-refractivity contribution is 0.334. The molecule has 0 amide bonds. The average Bonchev–Trinajstić information content (AvgIpc) is 2.49. The van der Waals surface area contributed by atoms with Crippen molar-refractivity contribution in [3.05, 3.63) is 0 Å². The summed E-state index contributed by atoms with van der Waals surface area (Å²) in [4.78, 5) is 0. The van der Waals surface area contributed by atoms with Crippen molar-refractivity contribution in [2.75, 3.05) is 6.54 Å². The number of hydrogen-bond donors (Lipinski definition) is 2. The first kappa shape index (κ1) is 11.8. The molecule has 3 heteroatoms. The van der Waals surface area contributed by atoms with Crippen LogP contribution < -0.4 is 10.6 Å². The Kier molecular flexibility index (Phi) is 4.17. The maximum atomic E-state index is 5.19. The Bertz CT molecular complexity index is 195. The van der Waals surface area contributed by atoms with Crippen molar-refractivity contribution in [1.29, 1.82) is 0 Å². The molecule has 2 nitrogen and oxygen atoms in total. The quantitative estimate of drug-likeness (QED) is 0.706. The predicted octanol–water partition coefficient (Wildman–Crippen LogP) is 2.44. The fourth-order valence-corrected chi connectivity index (χ4v) is 2.32. The molecule has 0 aromatic rings. The Balaban J connectivity index is 2.22. The fourth-order valence-electron chi connectivity index (χ4n) is 2.01. The van der Waals surface area contributed by atoms with Crippen LogP contribution in [0.2, 0.25) is 0 Å². The van der Waals surface area contributed by atoms with E-state index >= 15 is 0 Å². The summed E-state index contributed by atoms with van der Waals surface area (Å²) in [6.07, 6.45) is 5.43. The molecular weight excluding hydrogens is 192 g/mol. The monoisotopic (exact) mass is 214 g/mol. The molecule has 0 heterocycles. The first-order valence-corrected chi connectivity index (χ1v) is 5.97. The van der Waals surface area contributed by atoms with Crippen LogP contribution in [0, 0.1) is 5.41 Å². The first-order chi connectivity index (χ1) is 6.52. The van der Waals surface area contributed by atoms with Gasteiger partial charge in [0.1, 0.15) is 0 Å². The van der Waals surface area contributed by atoms with E-state index in [1.807, 2.05) is 0 Å². The minimum absolute atomic E-state index is 0.423. The summed E-state index contributed by atoms with van der Waals surface area (Å²) in [5.74, 6) is 0. The fraction of sp³-hybridized carbons (Fsp3) is 0.909. The number of nitrogens with one attached hydrogen (secondary N) is 2. The van der Waals surface area contributed by atoms with Crippen LogP contribution >= 0.6 is 12.2 Å². The molecule has 1 saturated carbocycles. The van der Waals surface area contributed by atoms with Gasteiger partial charge in [0.2, 0.25) is 0 Å². The third kappa shape index (κ3) is 3.82. The Morgan fingerprint density at radius 2 is 1.93 bits per heavy atom. The second kappa shape index (κ2) is 4.96.